The quantitative estimate of drug-likeness (QED) is 0.765. The van der Waals surface area contributed by atoms with Crippen molar-refractivity contribution in [1.82, 2.24) is 14.9 Å². The highest BCUT2D eigenvalue weighted by molar-refractivity contribution is 5.93. The van der Waals surface area contributed by atoms with Crippen molar-refractivity contribution in [2.45, 2.75) is 44.6 Å². The van der Waals surface area contributed by atoms with E-state index in [9.17, 15) is 14.4 Å². The van der Waals surface area contributed by atoms with E-state index in [1.54, 1.807) is 0 Å². The zero-order chi connectivity index (χ0) is 13.8. The van der Waals surface area contributed by atoms with Crippen molar-refractivity contribution in [2.24, 2.45) is 7.05 Å². The molecule has 0 spiro atoms. The van der Waals surface area contributed by atoms with Gasteiger partial charge in [0.1, 0.15) is 5.56 Å². The maximum Gasteiger partial charge on any atom is 0.328 e. The highest BCUT2D eigenvalue weighted by atomic mass is 16.2. The van der Waals surface area contributed by atoms with Crippen LogP contribution in [0.25, 0.3) is 0 Å². The first kappa shape index (κ1) is 13.6. The summed E-state index contributed by atoms with van der Waals surface area (Å²) in [4.78, 5) is 37.5. The minimum atomic E-state index is -0.560. The number of amides is 1. The molecule has 0 saturated heterocycles. The average Bonchev–Trinajstić information content (AvgIpc) is 2.64. The first-order valence-electron chi connectivity index (χ1n) is 6.69. The van der Waals surface area contributed by atoms with Crippen molar-refractivity contribution in [3.8, 4) is 0 Å². The molecule has 1 heterocycles. The number of carbonyl (C=O) groups is 1. The molecular formula is C13H19N3O3. The van der Waals surface area contributed by atoms with E-state index in [0.717, 1.165) is 30.3 Å². The third-order valence-electron chi connectivity index (χ3n) is 3.61. The lowest BCUT2D eigenvalue weighted by molar-refractivity contribution is 0.0930. The molecule has 1 aromatic rings. The molecule has 6 nitrogen and oxygen atoms in total. The molecule has 0 unspecified atom stereocenters. The number of aromatic amines is 1. The largest absolute Gasteiger partial charge is 0.349 e. The van der Waals surface area contributed by atoms with Gasteiger partial charge in [-0.25, -0.2) is 4.79 Å². The molecule has 0 radical (unpaired) electrons. The third-order valence-corrected chi connectivity index (χ3v) is 3.61. The van der Waals surface area contributed by atoms with Gasteiger partial charge in [0.15, 0.2) is 0 Å². The molecule has 1 aromatic heterocycles. The van der Waals surface area contributed by atoms with Crippen LogP contribution in [0.2, 0.25) is 0 Å². The Kier molecular flexibility index (Phi) is 4.19. The first-order valence-corrected chi connectivity index (χ1v) is 6.69. The van der Waals surface area contributed by atoms with Gasteiger partial charge in [0.25, 0.3) is 11.5 Å². The van der Waals surface area contributed by atoms with E-state index in [4.69, 9.17) is 0 Å². The van der Waals surface area contributed by atoms with E-state index in [2.05, 4.69) is 10.3 Å². The van der Waals surface area contributed by atoms with Gasteiger partial charge in [-0.15, -0.1) is 0 Å². The summed E-state index contributed by atoms with van der Waals surface area (Å²) in [6, 6.07) is 0.131. The van der Waals surface area contributed by atoms with E-state index in [1.807, 2.05) is 0 Å². The van der Waals surface area contributed by atoms with Gasteiger partial charge in [0.2, 0.25) is 0 Å². The molecule has 1 aliphatic rings. The van der Waals surface area contributed by atoms with E-state index in [0.29, 0.717) is 0 Å². The van der Waals surface area contributed by atoms with Crippen molar-refractivity contribution in [3.63, 3.8) is 0 Å². The molecule has 1 amide bonds. The van der Waals surface area contributed by atoms with Gasteiger partial charge < -0.3 is 10.3 Å². The summed E-state index contributed by atoms with van der Waals surface area (Å²) in [6.45, 7) is 0. The summed E-state index contributed by atoms with van der Waals surface area (Å²) in [7, 11) is 1.35. The summed E-state index contributed by atoms with van der Waals surface area (Å²) in [5, 5.41) is 2.89. The van der Waals surface area contributed by atoms with E-state index in [1.165, 1.54) is 26.1 Å². The second-order valence-corrected chi connectivity index (χ2v) is 5.03. The number of rotatable bonds is 2. The lowest BCUT2D eigenvalue weighted by Crippen LogP contribution is -2.41. The van der Waals surface area contributed by atoms with Gasteiger partial charge in [-0.3, -0.25) is 14.2 Å². The predicted octanol–water partition coefficient (Wildman–Crippen LogP) is 0.526. The molecule has 2 rings (SSSR count). The third kappa shape index (κ3) is 3.13. The number of hydrogen-bond acceptors (Lipinski definition) is 3. The molecule has 0 aliphatic heterocycles. The fourth-order valence-electron chi connectivity index (χ4n) is 2.41. The van der Waals surface area contributed by atoms with Crippen LogP contribution < -0.4 is 16.6 Å². The van der Waals surface area contributed by atoms with Crippen LogP contribution in [0.5, 0.6) is 0 Å². The molecule has 6 heteroatoms. The SMILES string of the molecule is Cn1c(=O)[nH]cc(C(=O)NC2CCCCCC2)c1=O. The van der Waals surface area contributed by atoms with Gasteiger partial charge in [-0.05, 0) is 12.8 Å². The molecule has 0 atom stereocenters. The van der Waals surface area contributed by atoms with Crippen LogP contribution in [0.3, 0.4) is 0 Å². The van der Waals surface area contributed by atoms with Gasteiger partial charge in [0.05, 0.1) is 0 Å². The average molecular weight is 265 g/mol. The van der Waals surface area contributed by atoms with Crippen LogP contribution in [-0.2, 0) is 7.05 Å². The Morgan fingerprint density at radius 2 is 1.89 bits per heavy atom. The van der Waals surface area contributed by atoms with Crippen molar-refractivity contribution >= 4 is 5.91 Å². The van der Waals surface area contributed by atoms with Crippen molar-refractivity contribution in [2.75, 3.05) is 0 Å². The lowest BCUT2D eigenvalue weighted by Gasteiger charge is -2.15. The highest BCUT2D eigenvalue weighted by Gasteiger charge is 2.18. The number of nitrogens with one attached hydrogen (secondary N) is 2. The topological polar surface area (TPSA) is 84.0 Å². The maximum atomic E-state index is 12.1. The number of hydrogen-bond donors (Lipinski definition) is 2. The summed E-state index contributed by atoms with van der Waals surface area (Å²) in [6.07, 6.45) is 7.71. The van der Waals surface area contributed by atoms with Crippen LogP contribution in [0, 0.1) is 0 Å². The van der Waals surface area contributed by atoms with Crippen LogP contribution >= 0.6 is 0 Å². The number of nitrogens with zero attached hydrogens (tertiary/aromatic N) is 1. The van der Waals surface area contributed by atoms with Crippen molar-refractivity contribution in [1.29, 1.82) is 0 Å². The van der Waals surface area contributed by atoms with Crippen LogP contribution in [-0.4, -0.2) is 21.5 Å². The molecular weight excluding hydrogens is 246 g/mol. The molecule has 19 heavy (non-hydrogen) atoms. The summed E-state index contributed by atoms with van der Waals surface area (Å²) < 4.78 is 0.905. The van der Waals surface area contributed by atoms with E-state index >= 15 is 0 Å². The molecule has 1 saturated carbocycles. The Labute approximate surface area is 110 Å². The van der Waals surface area contributed by atoms with Gasteiger partial charge >= 0.3 is 5.69 Å². The Bertz CT molecular complexity index is 565. The lowest BCUT2D eigenvalue weighted by atomic mass is 10.1. The predicted molar refractivity (Wildman–Crippen MR) is 71.3 cm³/mol. The Hall–Kier alpha value is -1.85. The number of aromatic nitrogens is 2. The van der Waals surface area contributed by atoms with Gasteiger partial charge in [-0.1, -0.05) is 25.7 Å². The first-order chi connectivity index (χ1) is 9.09. The minimum Gasteiger partial charge on any atom is -0.349 e. The van der Waals surface area contributed by atoms with Crippen LogP contribution in [0.4, 0.5) is 0 Å². The minimum absolute atomic E-state index is 0.00801. The normalized spacial score (nSPS) is 16.9. The second-order valence-electron chi connectivity index (χ2n) is 5.03. The molecule has 1 fully saturated rings. The Morgan fingerprint density at radius 1 is 1.26 bits per heavy atom. The van der Waals surface area contributed by atoms with Crippen molar-refractivity contribution < 1.29 is 4.79 Å². The molecule has 1 aliphatic carbocycles. The fourth-order valence-corrected chi connectivity index (χ4v) is 2.41. The number of carbonyl (C=O) groups excluding carboxylic acids is 1. The summed E-state index contributed by atoms with van der Waals surface area (Å²) in [5.41, 5.74) is -1.09. The van der Waals surface area contributed by atoms with Crippen LogP contribution in [0.1, 0.15) is 48.9 Å². The van der Waals surface area contributed by atoms with Gasteiger partial charge in [-0.2, -0.15) is 0 Å². The zero-order valence-corrected chi connectivity index (χ0v) is 11.1. The maximum absolute atomic E-state index is 12.1. The molecule has 2 N–H and O–H groups in total. The summed E-state index contributed by atoms with van der Waals surface area (Å²) in [5.74, 6) is -0.399. The van der Waals surface area contributed by atoms with Crippen molar-refractivity contribution in [3.05, 3.63) is 32.6 Å². The van der Waals surface area contributed by atoms with Crippen LogP contribution in [0.15, 0.2) is 15.8 Å². The standard InChI is InChI=1S/C13H19N3O3/c1-16-12(18)10(8-14-13(16)19)11(17)15-9-6-4-2-3-5-7-9/h8-9H,2-7H2,1H3,(H,14,19)(H,15,17). The highest BCUT2D eigenvalue weighted by Crippen LogP contribution is 2.17. The van der Waals surface area contributed by atoms with Gasteiger partial charge in [0, 0.05) is 19.3 Å². The smallest absolute Gasteiger partial charge is 0.328 e. The molecule has 0 bridgehead atoms. The Balaban J connectivity index is 2.14. The monoisotopic (exact) mass is 265 g/mol. The Morgan fingerprint density at radius 3 is 2.53 bits per heavy atom. The zero-order valence-electron chi connectivity index (χ0n) is 11.1. The number of H-pyrrole nitrogens is 1. The fraction of sp³-hybridized carbons (Fsp3) is 0.615. The summed E-state index contributed by atoms with van der Waals surface area (Å²) >= 11 is 0. The van der Waals surface area contributed by atoms with E-state index < -0.39 is 17.2 Å². The second kappa shape index (κ2) is 5.86. The van der Waals surface area contributed by atoms with E-state index in [-0.39, 0.29) is 11.6 Å². The molecule has 104 valence electrons. The molecule has 0 aromatic carbocycles.